The van der Waals surface area contributed by atoms with E-state index in [1.807, 2.05) is 0 Å². The number of aliphatic imine (C=N–C) groups is 1. The van der Waals surface area contributed by atoms with Gasteiger partial charge in [0, 0.05) is 33.6 Å². The molecule has 0 aliphatic carbocycles. The molecule has 0 bridgehead atoms. The van der Waals surface area contributed by atoms with Gasteiger partial charge in [-0.3, -0.25) is 4.99 Å². The highest BCUT2D eigenvalue weighted by Gasteiger charge is 2.37. The summed E-state index contributed by atoms with van der Waals surface area (Å²) in [5.74, 6) is 0. The van der Waals surface area contributed by atoms with E-state index in [4.69, 9.17) is 13.3 Å². The van der Waals surface area contributed by atoms with Crippen LogP contribution in [-0.2, 0) is 13.3 Å². The third-order valence-electron chi connectivity index (χ3n) is 3.53. The summed E-state index contributed by atoms with van der Waals surface area (Å²) in [5.41, 5.74) is 1.27. The lowest BCUT2D eigenvalue weighted by molar-refractivity contribution is 0.125. The zero-order valence-electron chi connectivity index (χ0n) is 12.1. The molecule has 6 heteroatoms. The average molecular weight is 274 g/mol. The Balaban J connectivity index is 2.55. The van der Waals surface area contributed by atoms with Gasteiger partial charge in [-0.15, -0.1) is 0 Å². The number of hydrogen-bond donors (Lipinski definition) is 0. The molecule has 0 radical (unpaired) electrons. The predicted molar refractivity (Wildman–Crippen MR) is 75.0 cm³/mol. The molecule has 0 amide bonds. The largest absolute Gasteiger partial charge is 0.522 e. The molecule has 0 spiro atoms. The number of hydrogen-bond acceptors (Lipinski definition) is 5. The molecular weight excluding hydrogens is 248 g/mol. The Morgan fingerprint density at radius 2 is 1.78 bits per heavy atom. The Labute approximate surface area is 111 Å². The Bertz CT molecular complexity index is 262. The van der Waals surface area contributed by atoms with Gasteiger partial charge in [-0.2, -0.15) is 0 Å². The highest BCUT2D eigenvalue weighted by molar-refractivity contribution is 6.61. The lowest BCUT2D eigenvalue weighted by Crippen LogP contribution is -2.46. The van der Waals surface area contributed by atoms with Crippen LogP contribution >= 0.6 is 0 Å². The number of likely N-dealkylation sites (tertiary alicyclic amines) is 1. The van der Waals surface area contributed by atoms with Gasteiger partial charge in [0.2, 0.25) is 0 Å². The first-order chi connectivity index (χ1) is 8.69. The van der Waals surface area contributed by atoms with Crippen LogP contribution < -0.4 is 0 Å². The fraction of sp³-hybridized carbons (Fsp3) is 0.917. The normalized spacial score (nSPS) is 21.2. The van der Waals surface area contributed by atoms with Crippen LogP contribution in [0.1, 0.15) is 26.2 Å². The number of nitrogens with zero attached hydrogens (tertiary/aromatic N) is 2. The van der Waals surface area contributed by atoms with Crippen molar-refractivity contribution in [2.24, 2.45) is 4.99 Å². The fourth-order valence-electron chi connectivity index (χ4n) is 2.16. The molecule has 5 nitrogen and oxygen atoms in total. The van der Waals surface area contributed by atoms with Gasteiger partial charge >= 0.3 is 8.80 Å². The molecular formula is C12H26N2O3Si. The van der Waals surface area contributed by atoms with Crippen molar-refractivity contribution in [3.63, 3.8) is 0 Å². The maximum absolute atomic E-state index is 5.38. The first-order valence-corrected chi connectivity index (χ1v) is 8.53. The van der Waals surface area contributed by atoms with E-state index in [-0.39, 0.29) is 0 Å². The van der Waals surface area contributed by atoms with Gasteiger partial charge in [-0.1, -0.05) is 6.92 Å². The van der Waals surface area contributed by atoms with Crippen LogP contribution in [0, 0.1) is 0 Å². The van der Waals surface area contributed by atoms with E-state index in [9.17, 15) is 0 Å². The van der Waals surface area contributed by atoms with Crippen molar-refractivity contribution in [1.29, 1.82) is 0 Å². The predicted octanol–water partition coefficient (Wildman–Crippen LogP) is 1.35. The second-order valence-corrected chi connectivity index (χ2v) is 7.37. The van der Waals surface area contributed by atoms with E-state index >= 15 is 0 Å². The zero-order chi connectivity index (χ0) is 13.4. The second-order valence-electron chi connectivity index (χ2n) is 4.47. The van der Waals surface area contributed by atoms with Gasteiger partial charge in [0.05, 0.1) is 0 Å². The van der Waals surface area contributed by atoms with Crippen molar-refractivity contribution in [1.82, 2.24) is 4.90 Å². The van der Waals surface area contributed by atoms with Crippen LogP contribution in [0.25, 0.3) is 0 Å². The number of rotatable bonds is 6. The van der Waals surface area contributed by atoms with Crippen molar-refractivity contribution in [3.8, 4) is 0 Å². The van der Waals surface area contributed by atoms with Crippen LogP contribution in [0.2, 0.25) is 0 Å². The van der Waals surface area contributed by atoms with Gasteiger partial charge < -0.3 is 18.2 Å². The average Bonchev–Trinajstić information content (AvgIpc) is 2.66. The minimum absolute atomic E-state index is 0.526. The van der Waals surface area contributed by atoms with Crippen LogP contribution in [-0.4, -0.2) is 66.5 Å². The minimum atomic E-state index is -2.54. The molecule has 1 rings (SSSR count). The topological polar surface area (TPSA) is 43.3 Å². The highest BCUT2D eigenvalue weighted by atomic mass is 28.4. The molecule has 0 aromatic rings. The lowest BCUT2D eigenvalue weighted by atomic mass is 10.2. The standard InChI is InChI=1S/C12H26N2O3Si/c1-5-14-9-6-7-12(8-10-14)13-11-18(15-2,16-3)17-4/h5-11H2,1-4H3. The minimum Gasteiger partial charge on any atom is -0.376 e. The molecule has 0 unspecified atom stereocenters. The van der Waals surface area contributed by atoms with Crippen molar-refractivity contribution in [2.45, 2.75) is 26.2 Å². The summed E-state index contributed by atoms with van der Waals surface area (Å²) < 4.78 is 16.1. The molecule has 1 aliphatic rings. The first kappa shape index (κ1) is 15.8. The van der Waals surface area contributed by atoms with Crippen LogP contribution in [0.5, 0.6) is 0 Å². The van der Waals surface area contributed by atoms with Gasteiger partial charge in [-0.25, -0.2) is 0 Å². The third-order valence-corrected chi connectivity index (χ3v) is 5.94. The SMILES string of the molecule is CCN1CCCC(=NC[Si](OC)(OC)OC)CC1. The maximum atomic E-state index is 5.38. The van der Waals surface area contributed by atoms with E-state index in [1.165, 1.54) is 18.7 Å². The quantitative estimate of drug-likeness (QED) is 0.686. The fourth-order valence-corrected chi connectivity index (χ4v) is 3.46. The molecule has 1 aliphatic heterocycles. The Hall–Kier alpha value is -0.273. The summed E-state index contributed by atoms with van der Waals surface area (Å²) in [7, 11) is 2.35. The summed E-state index contributed by atoms with van der Waals surface area (Å²) in [5, 5.41) is 0. The summed E-state index contributed by atoms with van der Waals surface area (Å²) in [6, 6.07) is 0. The molecule has 18 heavy (non-hydrogen) atoms. The van der Waals surface area contributed by atoms with E-state index in [0.717, 1.165) is 25.9 Å². The lowest BCUT2D eigenvalue weighted by Gasteiger charge is -2.22. The smallest absolute Gasteiger partial charge is 0.376 e. The molecule has 1 saturated heterocycles. The van der Waals surface area contributed by atoms with Crippen molar-refractivity contribution >= 4 is 14.5 Å². The van der Waals surface area contributed by atoms with Gasteiger partial charge in [-0.05, 0) is 32.4 Å². The van der Waals surface area contributed by atoms with Gasteiger partial charge in [0.1, 0.15) is 6.17 Å². The van der Waals surface area contributed by atoms with E-state index in [1.54, 1.807) is 21.3 Å². The van der Waals surface area contributed by atoms with Crippen molar-refractivity contribution in [3.05, 3.63) is 0 Å². The second kappa shape index (κ2) is 8.01. The third kappa shape index (κ3) is 4.44. The molecule has 0 aromatic carbocycles. The maximum Gasteiger partial charge on any atom is 0.522 e. The molecule has 0 N–H and O–H groups in total. The van der Waals surface area contributed by atoms with Crippen molar-refractivity contribution < 1.29 is 13.3 Å². The summed E-state index contributed by atoms with van der Waals surface area (Å²) in [6.45, 7) is 5.62. The summed E-state index contributed by atoms with van der Waals surface area (Å²) >= 11 is 0. The van der Waals surface area contributed by atoms with Gasteiger partial charge in [0.25, 0.3) is 0 Å². The Kier molecular flexibility index (Phi) is 7.02. The molecule has 0 saturated carbocycles. The van der Waals surface area contributed by atoms with Crippen molar-refractivity contribution in [2.75, 3.05) is 47.1 Å². The van der Waals surface area contributed by atoms with Crippen LogP contribution in [0.15, 0.2) is 4.99 Å². The highest BCUT2D eigenvalue weighted by Crippen LogP contribution is 2.11. The Morgan fingerprint density at radius 3 is 2.33 bits per heavy atom. The summed E-state index contributed by atoms with van der Waals surface area (Å²) in [6.07, 6.45) is 3.85. The first-order valence-electron chi connectivity index (χ1n) is 6.59. The van der Waals surface area contributed by atoms with E-state index < -0.39 is 8.80 Å². The monoisotopic (exact) mass is 274 g/mol. The molecule has 1 fully saturated rings. The van der Waals surface area contributed by atoms with Gasteiger partial charge in [0.15, 0.2) is 0 Å². The molecule has 106 valence electrons. The molecule has 0 aromatic heterocycles. The zero-order valence-corrected chi connectivity index (χ0v) is 13.1. The van der Waals surface area contributed by atoms with E-state index in [2.05, 4.69) is 16.8 Å². The Morgan fingerprint density at radius 1 is 1.11 bits per heavy atom. The van der Waals surface area contributed by atoms with Crippen LogP contribution in [0.4, 0.5) is 0 Å². The van der Waals surface area contributed by atoms with Crippen LogP contribution in [0.3, 0.4) is 0 Å². The van der Waals surface area contributed by atoms with E-state index in [0.29, 0.717) is 6.17 Å². The molecule has 1 heterocycles. The molecule has 0 atom stereocenters. The summed E-state index contributed by atoms with van der Waals surface area (Å²) in [4.78, 5) is 7.14.